The molecule has 0 saturated carbocycles. The van der Waals surface area contributed by atoms with Crippen LogP contribution in [0.5, 0.6) is 0 Å². The van der Waals surface area contributed by atoms with Crippen molar-refractivity contribution in [3.63, 3.8) is 0 Å². The zero-order valence-corrected chi connectivity index (χ0v) is 12.3. The molecule has 1 N–H and O–H groups in total. The number of nitrogens with one attached hydrogen (secondary N) is 1. The second kappa shape index (κ2) is 5.99. The summed E-state index contributed by atoms with van der Waals surface area (Å²) in [5, 5.41) is 2.06. The van der Waals surface area contributed by atoms with Crippen LogP contribution in [0.1, 0.15) is 10.4 Å². The standard InChI is InChI=1S/C14H9F4NO3S/c1-23(21,22)12-4-7(2-3-9(12)15)14(20)19-8-5-10(16)13(18)11(17)6-8/h2-6H,1H3,(H,19,20). The molecule has 0 atom stereocenters. The predicted octanol–water partition coefficient (Wildman–Crippen LogP) is 2.90. The highest BCUT2D eigenvalue weighted by atomic mass is 32.2. The molecule has 23 heavy (non-hydrogen) atoms. The highest BCUT2D eigenvalue weighted by Crippen LogP contribution is 2.20. The number of hydrogen-bond acceptors (Lipinski definition) is 3. The van der Waals surface area contributed by atoms with E-state index in [9.17, 15) is 30.8 Å². The maximum absolute atomic E-state index is 13.5. The Balaban J connectivity index is 2.35. The molecule has 0 spiro atoms. The summed E-state index contributed by atoms with van der Waals surface area (Å²) >= 11 is 0. The average molecular weight is 347 g/mol. The second-order valence-electron chi connectivity index (χ2n) is 4.63. The number of rotatable bonds is 3. The molecule has 122 valence electrons. The highest BCUT2D eigenvalue weighted by Gasteiger charge is 2.18. The fourth-order valence-electron chi connectivity index (χ4n) is 1.76. The third-order valence-corrected chi connectivity index (χ3v) is 3.95. The Bertz CT molecular complexity index is 874. The molecule has 2 rings (SSSR count). The summed E-state index contributed by atoms with van der Waals surface area (Å²) in [4.78, 5) is 11.3. The third kappa shape index (κ3) is 3.67. The van der Waals surface area contributed by atoms with Crippen molar-refractivity contribution in [1.82, 2.24) is 0 Å². The lowest BCUT2D eigenvalue weighted by atomic mass is 10.2. The van der Waals surface area contributed by atoms with E-state index in [0.29, 0.717) is 12.1 Å². The van der Waals surface area contributed by atoms with Gasteiger partial charge < -0.3 is 5.32 Å². The van der Waals surface area contributed by atoms with Gasteiger partial charge in [0.25, 0.3) is 5.91 Å². The number of sulfone groups is 1. The molecule has 9 heteroatoms. The first-order chi connectivity index (χ1) is 10.6. The molecular weight excluding hydrogens is 338 g/mol. The average Bonchev–Trinajstić information content (AvgIpc) is 2.43. The Hall–Kier alpha value is -2.42. The van der Waals surface area contributed by atoms with Gasteiger partial charge in [0.1, 0.15) is 10.7 Å². The van der Waals surface area contributed by atoms with Gasteiger partial charge in [-0.1, -0.05) is 0 Å². The summed E-state index contributed by atoms with van der Waals surface area (Å²) in [6.07, 6.45) is 0.762. The van der Waals surface area contributed by atoms with Gasteiger partial charge in [-0.3, -0.25) is 4.79 Å². The predicted molar refractivity (Wildman–Crippen MR) is 73.8 cm³/mol. The van der Waals surface area contributed by atoms with Crippen LogP contribution in [-0.2, 0) is 9.84 Å². The van der Waals surface area contributed by atoms with Crippen molar-refractivity contribution in [3.8, 4) is 0 Å². The monoisotopic (exact) mass is 347 g/mol. The molecule has 0 fully saturated rings. The summed E-state index contributed by atoms with van der Waals surface area (Å²) in [7, 11) is -3.91. The van der Waals surface area contributed by atoms with Crippen LogP contribution >= 0.6 is 0 Å². The van der Waals surface area contributed by atoms with E-state index in [2.05, 4.69) is 5.32 Å². The van der Waals surface area contributed by atoms with Gasteiger partial charge in [0, 0.05) is 29.6 Å². The van der Waals surface area contributed by atoms with Crippen LogP contribution in [0.2, 0.25) is 0 Å². The maximum atomic E-state index is 13.5. The smallest absolute Gasteiger partial charge is 0.255 e. The number of halogens is 4. The molecule has 0 aliphatic carbocycles. The van der Waals surface area contributed by atoms with Gasteiger partial charge >= 0.3 is 0 Å². The number of carbonyl (C=O) groups is 1. The van der Waals surface area contributed by atoms with Crippen molar-refractivity contribution in [2.24, 2.45) is 0 Å². The molecule has 2 aromatic rings. The molecule has 0 radical (unpaired) electrons. The van der Waals surface area contributed by atoms with Crippen LogP contribution < -0.4 is 5.32 Å². The van der Waals surface area contributed by atoms with E-state index in [0.717, 1.165) is 24.5 Å². The molecule has 0 bridgehead atoms. The quantitative estimate of drug-likeness (QED) is 0.686. The van der Waals surface area contributed by atoms with Gasteiger partial charge in [-0.05, 0) is 18.2 Å². The third-order valence-electron chi connectivity index (χ3n) is 2.83. The lowest BCUT2D eigenvalue weighted by Crippen LogP contribution is -2.14. The molecule has 4 nitrogen and oxygen atoms in total. The van der Waals surface area contributed by atoms with Crippen LogP contribution in [0.3, 0.4) is 0 Å². The Labute approximate surface area is 128 Å². The fraction of sp³-hybridized carbons (Fsp3) is 0.0714. The summed E-state index contributed by atoms with van der Waals surface area (Å²) in [6.45, 7) is 0. The first-order valence-electron chi connectivity index (χ1n) is 6.05. The molecule has 0 unspecified atom stereocenters. The zero-order chi connectivity index (χ0) is 17.4. The minimum atomic E-state index is -3.91. The van der Waals surface area contributed by atoms with Crippen LogP contribution in [0.25, 0.3) is 0 Å². The second-order valence-corrected chi connectivity index (χ2v) is 6.61. The fourth-order valence-corrected chi connectivity index (χ4v) is 2.52. The number of carbonyl (C=O) groups excluding carboxylic acids is 1. The van der Waals surface area contributed by atoms with Gasteiger partial charge in [-0.15, -0.1) is 0 Å². The van der Waals surface area contributed by atoms with Crippen molar-refractivity contribution >= 4 is 21.4 Å². The molecule has 0 aliphatic rings. The summed E-state index contributed by atoms with van der Waals surface area (Å²) in [5.41, 5.74) is -0.631. The minimum Gasteiger partial charge on any atom is -0.322 e. The zero-order valence-electron chi connectivity index (χ0n) is 11.5. The topological polar surface area (TPSA) is 63.2 Å². The molecule has 1 amide bonds. The number of anilines is 1. The van der Waals surface area contributed by atoms with Gasteiger partial charge in [-0.2, -0.15) is 0 Å². The lowest BCUT2D eigenvalue weighted by Gasteiger charge is -2.08. The SMILES string of the molecule is CS(=O)(=O)c1cc(C(=O)Nc2cc(F)c(F)c(F)c2)ccc1F. The van der Waals surface area contributed by atoms with Crippen molar-refractivity contribution < 1.29 is 30.8 Å². The first-order valence-corrected chi connectivity index (χ1v) is 7.94. The molecule has 0 aliphatic heterocycles. The van der Waals surface area contributed by atoms with Crippen LogP contribution in [0.15, 0.2) is 35.2 Å². The molecule has 0 saturated heterocycles. The van der Waals surface area contributed by atoms with Crippen LogP contribution in [-0.4, -0.2) is 20.6 Å². The molecule has 0 heterocycles. The van der Waals surface area contributed by atoms with Crippen molar-refractivity contribution in [2.45, 2.75) is 4.90 Å². The Morgan fingerprint density at radius 1 is 0.957 bits per heavy atom. The van der Waals surface area contributed by atoms with Crippen LogP contribution in [0.4, 0.5) is 23.2 Å². The van der Waals surface area contributed by atoms with Crippen molar-refractivity contribution in [3.05, 3.63) is 59.2 Å². The number of hydrogen-bond donors (Lipinski definition) is 1. The highest BCUT2D eigenvalue weighted by molar-refractivity contribution is 7.90. The normalized spacial score (nSPS) is 11.3. The first kappa shape index (κ1) is 16.9. The van der Waals surface area contributed by atoms with Gasteiger partial charge in [0.05, 0.1) is 0 Å². The van der Waals surface area contributed by atoms with Crippen molar-refractivity contribution in [2.75, 3.05) is 11.6 Å². The number of amides is 1. The Morgan fingerprint density at radius 2 is 1.52 bits per heavy atom. The van der Waals surface area contributed by atoms with E-state index < -0.39 is 43.9 Å². The Morgan fingerprint density at radius 3 is 2.04 bits per heavy atom. The van der Waals surface area contributed by atoms with E-state index in [1.165, 1.54) is 0 Å². The molecule has 2 aromatic carbocycles. The van der Waals surface area contributed by atoms with Gasteiger partial charge in [0.2, 0.25) is 0 Å². The van der Waals surface area contributed by atoms with Gasteiger partial charge in [0.15, 0.2) is 27.3 Å². The van der Waals surface area contributed by atoms with E-state index in [-0.39, 0.29) is 11.3 Å². The summed E-state index contributed by atoms with van der Waals surface area (Å²) < 4.78 is 75.2. The van der Waals surface area contributed by atoms with Gasteiger partial charge in [-0.25, -0.2) is 26.0 Å². The lowest BCUT2D eigenvalue weighted by molar-refractivity contribution is 0.102. The van der Waals surface area contributed by atoms with E-state index in [1.54, 1.807) is 0 Å². The van der Waals surface area contributed by atoms with Crippen LogP contribution in [0, 0.1) is 23.3 Å². The molecular formula is C14H9F4NO3S. The largest absolute Gasteiger partial charge is 0.322 e. The molecule has 0 aromatic heterocycles. The van der Waals surface area contributed by atoms with E-state index >= 15 is 0 Å². The van der Waals surface area contributed by atoms with E-state index in [4.69, 9.17) is 0 Å². The van der Waals surface area contributed by atoms with E-state index in [1.807, 2.05) is 0 Å². The summed E-state index contributed by atoms with van der Waals surface area (Å²) in [5.74, 6) is -6.68. The number of benzene rings is 2. The van der Waals surface area contributed by atoms with Crippen molar-refractivity contribution in [1.29, 1.82) is 0 Å². The Kier molecular flexibility index (Phi) is 4.42. The summed E-state index contributed by atoms with van der Waals surface area (Å²) in [6, 6.07) is 3.66. The minimum absolute atomic E-state index is 0.253. The maximum Gasteiger partial charge on any atom is 0.255 e.